The van der Waals surface area contributed by atoms with Gasteiger partial charge in [-0.05, 0) is 36.5 Å². The summed E-state index contributed by atoms with van der Waals surface area (Å²) >= 11 is 0. The van der Waals surface area contributed by atoms with Crippen LogP contribution in [0.5, 0.6) is 5.75 Å². The highest BCUT2D eigenvalue weighted by Crippen LogP contribution is 2.28. The Kier molecular flexibility index (Phi) is 6.55. The van der Waals surface area contributed by atoms with E-state index in [9.17, 15) is 4.79 Å². The van der Waals surface area contributed by atoms with Gasteiger partial charge in [0.1, 0.15) is 5.75 Å². The number of benzene rings is 2. The fourth-order valence-corrected chi connectivity index (χ4v) is 2.30. The van der Waals surface area contributed by atoms with Gasteiger partial charge in [0.2, 0.25) is 0 Å². The fourth-order valence-electron chi connectivity index (χ4n) is 2.30. The summed E-state index contributed by atoms with van der Waals surface area (Å²) in [5.41, 5.74) is 5.39. The van der Waals surface area contributed by atoms with E-state index >= 15 is 0 Å². The van der Waals surface area contributed by atoms with E-state index < -0.39 is 0 Å². The number of para-hydroxylation sites is 1. The Labute approximate surface area is 143 Å². The number of carbonyl (C=O) groups excluding carboxylic acids is 1. The highest BCUT2D eigenvalue weighted by molar-refractivity contribution is 5.99. The molecule has 2 rings (SSSR count). The lowest BCUT2D eigenvalue weighted by molar-refractivity contribution is -0.123. The summed E-state index contributed by atoms with van der Waals surface area (Å²) in [7, 11) is 0. The van der Waals surface area contributed by atoms with Crippen LogP contribution in [-0.4, -0.2) is 18.2 Å². The molecular formula is C20H24N2O2. The second kappa shape index (κ2) is 8.87. The molecule has 0 heterocycles. The van der Waals surface area contributed by atoms with Gasteiger partial charge in [-0.1, -0.05) is 62.4 Å². The van der Waals surface area contributed by atoms with Crippen LogP contribution in [0, 0.1) is 0 Å². The van der Waals surface area contributed by atoms with Crippen molar-refractivity contribution in [2.45, 2.75) is 33.1 Å². The predicted molar refractivity (Wildman–Crippen MR) is 97.4 cm³/mol. The van der Waals surface area contributed by atoms with E-state index in [1.165, 1.54) is 0 Å². The monoisotopic (exact) mass is 324 g/mol. The molecule has 1 amide bonds. The highest BCUT2D eigenvalue weighted by atomic mass is 16.5. The number of ether oxygens (including phenoxy) is 1. The molecule has 0 aliphatic rings. The first-order valence-electron chi connectivity index (χ1n) is 8.22. The van der Waals surface area contributed by atoms with Gasteiger partial charge < -0.3 is 4.74 Å². The van der Waals surface area contributed by atoms with Crippen LogP contribution in [-0.2, 0) is 4.79 Å². The quantitative estimate of drug-likeness (QED) is 0.615. The number of rotatable bonds is 7. The summed E-state index contributed by atoms with van der Waals surface area (Å²) in [4.78, 5) is 12.0. The molecule has 4 nitrogen and oxygen atoms in total. The Bertz CT molecular complexity index is 696. The summed E-state index contributed by atoms with van der Waals surface area (Å²) in [6.07, 6.45) is 1.02. The van der Waals surface area contributed by atoms with E-state index in [4.69, 9.17) is 4.74 Å². The lowest BCUT2D eigenvalue weighted by atomic mass is 9.98. The van der Waals surface area contributed by atoms with Crippen molar-refractivity contribution in [1.29, 1.82) is 0 Å². The van der Waals surface area contributed by atoms with Crippen LogP contribution in [0.25, 0.3) is 0 Å². The van der Waals surface area contributed by atoms with Crippen molar-refractivity contribution in [3.63, 3.8) is 0 Å². The number of hydrogen-bond acceptors (Lipinski definition) is 3. The minimum Gasteiger partial charge on any atom is -0.483 e. The van der Waals surface area contributed by atoms with Gasteiger partial charge in [-0.15, -0.1) is 0 Å². The van der Waals surface area contributed by atoms with Crippen molar-refractivity contribution < 1.29 is 9.53 Å². The molecule has 2 aromatic carbocycles. The van der Waals surface area contributed by atoms with Crippen molar-refractivity contribution in [3.8, 4) is 5.75 Å². The molecule has 24 heavy (non-hydrogen) atoms. The largest absolute Gasteiger partial charge is 0.483 e. The lowest BCUT2D eigenvalue weighted by Crippen LogP contribution is -2.25. The highest BCUT2D eigenvalue weighted by Gasteiger charge is 2.11. The standard InChI is InChI=1S/C20H24N2O2/c1-4-15(2)18-12-8-9-13-19(18)24-14-20(23)22-21-16(3)17-10-6-5-7-11-17/h5-13,15H,4,14H2,1-3H3,(H,22,23)/b21-16+. The summed E-state index contributed by atoms with van der Waals surface area (Å²) in [6, 6.07) is 17.5. The van der Waals surface area contributed by atoms with E-state index in [1.807, 2.05) is 61.5 Å². The maximum Gasteiger partial charge on any atom is 0.277 e. The first-order chi connectivity index (χ1) is 11.6. The van der Waals surface area contributed by atoms with Gasteiger partial charge in [-0.3, -0.25) is 4.79 Å². The SMILES string of the molecule is CCC(C)c1ccccc1OCC(=O)N/N=C(\C)c1ccccc1. The molecule has 1 N–H and O–H groups in total. The molecule has 0 aliphatic heterocycles. The Balaban J connectivity index is 1.92. The van der Waals surface area contributed by atoms with E-state index in [0.717, 1.165) is 29.0 Å². The molecule has 0 aliphatic carbocycles. The number of hydrazone groups is 1. The third-order valence-electron chi connectivity index (χ3n) is 3.96. The van der Waals surface area contributed by atoms with Gasteiger partial charge in [0.25, 0.3) is 5.91 Å². The van der Waals surface area contributed by atoms with Crippen molar-refractivity contribution >= 4 is 11.6 Å². The Morgan fingerprint density at radius 1 is 1.12 bits per heavy atom. The van der Waals surface area contributed by atoms with E-state index in [-0.39, 0.29) is 12.5 Å². The van der Waals surface area contributed by atoms with Gasteiger partial charge in [-0.2, -0.15) is 5.10 Å². The second-order valence-corrected chi connectivity index (χ2v) is 5.73. The maximum atomic E-state index is 12.0. The van der Waals surface area contributed by atoms with Crippen LogP contribution in [0.15, 0.2) is 59.7 Å². The summed E-state index contributed by atoms with van der Waals surface area (Å²) < 4.78 is 5.68. The van der Waals surface area contributed by atoms with Crippen LogP contribution in [0.3, 0.4) is 0 Å². The molecule has 0 fully saturated rings. The van der Waals surface area contributed by atoms with Crippen LogP contribution < -0.4 is 10.2 Å². The van der Waals surface area contributed by atoms with Gasteiger partial charge in [0.05, 0.1) is 5.71 Å². The van der Waals surface area contributed by atoms with E-state index in [0.29, 0.717) is 5.92 Å². The average Bonchev–Trinajstić information content (AvgIpc) is 2.64. The topological polar surface area (TPSA) is 50.7 Å². The van der Waals surface area contributed by atoms with Crippen molar-refractivity contribution in [3.05, 3.63) is 65.7 Å². The van der Waals surface area contributed by atoms with Crippen LogP contribution >= 0.6 is 0 Å². The van der Waals surface area contributed by atoms with Gasteiger partial charge in [0.15, 0.2) is 6.61 Å². The molecule has 0 bridgehead atoms. The molecule has 1 atom stereocenters. The van der Waals surface area contributed by atoms with Gasteiger partial charge in [-0.25, -0.2) is 5.43 Å². The van der Waals surface area contributed by atoms with Crippen molar-refractivity contribution in [2.75, 3.05) is 6.61 Å². The Morgan fingerprint density at radius 2 is 1.79 bits per heavy atom. The number of nitrogens with one attached hydrogen (secondary N) is 1. The molecule has 0 spiro atoms. The van der Waals surface area contributed by atoms with E-state index in [2.05, 4.69) is 24.4 Å². The zero-order chi connectivity index (χ0) is 17.4. The Hall–Kier alpha value is -2.62. The molecule has 4 heteroatoms. The molecule has 2 aromatic rings. The summed E-state index contributed by atoms with van der Waals surface area (Å²) in [5, 5.41) is 4.12. The molecule has 0 radical (unpaired) electrons. The van der Waals surface area contributed by atoms with Gasteiger partial charge in [0, 0.05) is 0 Å². The number of carbonyl (C=O) groups is 1. The number of nitrogens with zero attached hydrogens (tertiary/aromatic N) is 1. The first kappa shape index (κ1) is 17.7. The van der Waals surface area contributed by atoms with Crippen molar-refractivity contribution in [2.24, 2.45) is 5.10 Å². The molecule has 126 valence electrons. The summed E-state index contributed by atoms with van der Waals surface area (Å²) in [5.74, 6) is 0.873. The lowest BCUT2D eigenvalue weighted by Gasteiger charge is -2.15. The molecule has 0 aromatic heterocycles. The zero-order valence-electron chi connectivity index (χ0n) is 14.5. The average molecular weight is 324 g/mol. The molecule has 1 unspecified atom stereocenters. The smallest absolute Gasteiger partial charge is 0.277 e. The zero-order valence-corrected chi connectivity index (χ0v) is 14.5. The maximum absolute atomic E-state index is 12.0. The minimum absolute atomic E-state index is 0.0565. The molecular weight excluding hydrogens is 300 g/mol. The fraction of sp³-hybridized carbons (Fsp3) is 0.300. The van der Waals surface area contributed by atoms with Crippen LogP contribution in [0.1, 0.15) is 44.2 Å². The third-order valence-corrected chi connectivity index (χ3v) is 3.96. The first-order valence-corrected chi connectivity index (χ1v) is 8.22. The number of amides is 1. The third kappa shape index (κ3) is 4.95. The number of hydrogen-bond donors (Lipinski definition) is 1. The minimum atomic E-state index is -0.274. The van der Waals surface area contributed by atoms with Gasteiger partial charge >= 0.3 is 0 Å². The van der Waals surface area contributed by atoms with Crippen molar-refractivity contribution in [1.82, 2.24) is 5.43 Å². The molecule has 0 saturated heterocycles. The molecule has 0 saturated carbocycles. The summed E-state index contributed by atoms with van der Waals surface area (Å²) in [6.45, 7) is 6.08. The normalized spacial score (nSPS) is 12.5. The van der Waals surface area contributed by atoms with E-state index in [1.54, 1.807) is 0 Å². The predicted octanol–water partition coefficient (Wildman–Crippen LogP) is 4.12. The second-order valence-electron chi connectivity index (χ2n) is 5.73. The Morgan fingerprint density at radius 3 is 2.50 bits per heavy atom. The van der Waals surface area contributed by atoms with Crippen LogP contribution in [0.4, 0.5) is 0 Å². The van der Waals surface area contributed by atoms with Crippen LogP contribution in [0.2, 0.25) is 0 Å².